The Morgan fingerprint density at radius 3 is 2.88 bits per heavy atom. The fourth-order valence-electron chi connectivity index (χ4n) is 4.43. The predicted octanol–water partition coefficient (Wildman–Crippen LogP) is 4.65. The van der Waals surface area contributed by atoms with Gasteiger partial charge in [-0.05, 0) is 55.9 Å². The quantitative estimate of drug-likeness (QED) is 0.753. The van der Waals surface area contributed by atoms with E-state index in [4.69, 9.17) is 4.74 Å². The maximum Gasteiger partial charge on any atom is 0.306 e. The number of fused-ring (bicyclic) bond motifs is 2. The zero-order valence-corrected chi connectivity index (χ0v) is 15.2. The molecule has 0 amide bonds. The summed E-state index contributed by atoms with van der Waals surface area (Å²) in [5, 5.41) is 0. The molecule has 0 saturated carbocycles. The van der Waals surface area contributed by atoms with Gasteiger partial charge in [-0.15, -0.1) is 0 Å². The van der Waals surface area contributed by atoms with E-state index in [1.165, 1.54) is 28.0 Å². The van der Waals surface area contributed by atoms with Crippen molar-refractivity contribution in [1.29, 1.82) is 0 Å². The average molecular weight is 335 g/mol. The van der Waals surface area contributed by atoms with Gasteiger partial charge in [-0.2, -0.15) is 0 Å². The van der Waals surface area contributed by atoms with E-state index in [0.29, 0.717) is 12.5 Å². The number of rotatable bonds is 3. The van der Waals surface area contributed by atoms with Crippen LogP contribution in [0.4, 0.5) is 5.69 Å². The number of nitrogens with zero attached hydrogens (tertiary/aromatic N) is 1. The van der Waals surface area contributed by atoms with E-state index < -0.39 is 0 Å². The van der Waals surface area contributed by atoms with E-state index >= 15 is 0 Å². The zero-order valence-electron chi connectivity index (χ0n) is 15.2. The standard InChI is InChI=1S/C22H25NO2/c1-15-7-6-9-18-16(11-13-22(2)14-12-20(24)25-22)17-8-4-5-10-19(17)23(3)21(15)18/h4-10,21H,11-14H2,1-3H3. The number of para-hydroxylation sites is 1. The van der Waals surface area contributed by atoms with E-state index in [-0.39, 0.29) is 11.6 Å². The van der Waals surface area contributed by atoms with Crippen molar-refractivity contribution in [2.24, 2.45) is 0 Å². The highest BCUT2D eigenvalue weighted by molar-refractivity contribution is 5.86. The molecule has 3 heteroatoms. The van der Waals surface area contributed by atoms with E-state index in [1.807, 2.05) is 0 Å². The van der Waals surface area contributed by atoms with Crippen molar-refractivity contribution in [3.63, 3.8) is 0 Å². The molecule has 1 saturated heterocycles. The smallest absolute Gasteiger partial charge is 0.306 e. The summed E-state index contributed by atoms with van der Waals surface area (Å²) in [5.74, 6) is -0.0573. The fraction of sp³-hybridized carbons (Fsp3) is 0.409. The Balaban J connectivity index is 1.73. The van der Waals surface area contributed by atoms with Crippen molar-refractivity contribution < 1.29 is 9.53 Å². The monoisotopic (exact) mass is 335 g/mol. The van der Waals surface area contributed by atoms with Crippen LogP contribution < -0.4 is 4.90 Å². The number of cyclic esters (lactones) is 1. The number of benzene rings is 1. The molecule has 1 fully saturated rings. The van der Waals surface area contributed by atoms with E-state index in [1.54, 1.807) is 0 Å². The first-order valence-corrected chi connectivity index (χ1v) is 9.10. The Morgan fingerprint density at radius 2 is 2.12 bits per heavy atom. The second-order valence-corrected chi connectivity index (χ2v) is 7.66. The highest BCUT2D eigenvalue weighted by Gasteiger charge is 2.37. The lowest BCUT2D eigenvalue weighted by Gasteiger charge is -2.40. The predicted molar refractivity (Wildman–Crippen MR) is 101 cm³/mol. The maximum atomic E-state index is 11.6. The van der Waals surface area contributed by atoms with Crippen molar-refractivity contribution in [3.8, 4) is 0 Å². The molecule has 0 radical (unpaired) electrons. The first-order valence-electron chi connectivity index (χ1n) is 9.10. The lowest BCUT2D eigenvalue weighted by molar-refractivity contribution is -0.147. The Bertz CT molecular complexity index is 817. The summed E-state index contributed by atoms with van der Waals surface area (Å²) in [6.45, 7) is 4.28. The van der Waals surface area contributed by atoms with Crippen molar-refractivity contribution >= 4 is 17.2 Å². The first-order chi connectivity index (χ1) is 12.0. The van der Waals surface area contributed by atoms with Crippen LogP contribution in [-0.2, 0) is 9.53 Å². The molecular weight excluding hydrogens is 310 g/mol. The molecular formula is C22H25NO2. The molecule has 0 N–H and O–H groups in total. The van der Waals surface area contributed by atoms with E-state index in [2.05, 4.69) is 68.3 Å². The summed E-state index contributed by atoms with van der Waals surface area (Å²) in [7, 11) is 2.18. The number of carbonyl (C=O) groups excluding carboxylic acids is 1. The minimum absolute atomic E-state index is 0.0573. The van der Waals surface area contributed by atoms with Crippen LogP contribution in [0, 0.1) is 0 Å². The van der Waals surface area contributed by atoms with Gasteiger partial charge in [0.05, 0.1) is 6.04 Å². The molecule has 2 atom stereocenters. The zero-order chi connectivity index (χ0) is 17.6. The number of anilines is 1. The third kappa shape index (κ3) is 2.72. The fourth-order valence-corrected chi connectivity index (χ4v) is 4.43. The minimum atomic E-state index is -0.318. The van der Waals surface area contributed by atoms with Crippen LogP contribution in [0.2, 0.25) is 0 Å². The molecule has 0 bridgehead atoms. The Hall–Kier alpha value is -2.29. The second kappa shape index (κ2) is 5.91. The topological polar surface area (TPSA) is 29.5 Å². The Labute approximate surface area is 149 Å². The third-order valence-electron chi connectivity index (χ3n) is 5.83. The normalized spacial score (nSPS) is 27.8. The molecule has 2 unspecified atom stereocenters. The molecule has 3 aliphatic rings. The third-order valence-corrected chi connectivity index (χ3v) is 5.83. The molecule has 1 aromatic carbocycles. The van der Waals surface area contributed by atoms with Crippen LogP contribution in [0.1, 0.15) is 45.1 Å². The number of esters is 1. The van der Waals surface area contributed by atoms with Crippen molar-refractivity contribution in [2.45, 2.75) is 51.2 Å². The number of hydrogen-bond donors (Lipinski definition) is 0. The highest BCUT2D eigenvalue weighted by Crippen LogP contribution is 2.44. The van der Waals surface area contributed by atoms with Crippen LogP contribution in [0.3, 0.4) is 0 Å². The molecule has 25 heavy (non-hydrogen) atoms. The van der Waals surface area contributed by atoms with Gasteiger partial charge in [0.25, 0.3) is 0 Å². The van der Waals surface area contributed by atoms with Gasteiger partial charge in [0.1, 0.15) is 5.60 Å². The molecule has 2 heterocycles. The van der Waals surface area contributed by atoms with Gasteiger partial charge in [0, 0.05) is 24.7 Å². The number of allylic oxidation sites excluding steroid dienone is 3. The summed E-state index contributed by atoms with van der Waals surface area (Å²) in [6, 6.07) is 8.94. The van der Waals surface area contributed by atoms with Gasteiger partial charge in [0.15, 0.2) is 0 Å². The van der Waals surface area contributed by atoms with Gasteiger partial charge in [-0.25, -0.2) is 0 Å². The van der Waals surface area contributed by atoms with Crippen molar-refractivity contribution in [3.05, 3.63) is 59.2 Å². The summed E-state index contributed by atoms with van der Waals surface area (Å²) < 4.78 is 5.60. The van der Waals surface area contributed by atoms with Crippen molar-refractivity contribution in [1.82, 2.24) is 0 Å². The Morgan fingerprint density at radius 1 is 1.32 bits per heavy atom. The van der Waals surface area contributed by atoms with E-state index in [9.17, 15) is 4.79 Å². The van der Waals surface area contributed by atoms with Crippen LogP contribution >= 0.6 is 0 Å². The van der Waals surface area contributed by atoms with Gasteiger partial charge in [0.2, 0.25) is 0 Å². The summed E-state index contributed by atoms with van der Waals surface area (Å²) in [6.07, 6.45) is 9.79. The van der Waals surface area contributed by atoms with Crippen LogP contribution in [0.5, 0.6) is 0 Å². The molecule has 1 aromatic rings. The number of carbonyl (C=O) groups is 1. The molecule has 0 aromatic heterocycles. The maximum absolute atomic E-state index is 11.6. The number of ether oxygens (including phenoxy) is 1. The molecule has 3 nitrogen and oxygen atoms in total. The highest BCUT2D eigenvalue weighted by atomic mass is 16.6. The molecule has 130 valence electrons. The lowest BCUT2D eigenvalue weighted by Crippen LogP contribution is -2.38. The SMILES string of the molecule is CC1=CC=CC2=C(CCC3(C)CCC(=O)O3)c3ccccc3N(C)C12. The molecule has 4 rings (SSSR count). The average Bonchev–Trinajstić information content (AvgIpc) is 2.94. The van der Waals surface area contributed by atoms with Crippen LogP contribution in [0.15, 0.2) is 53.6 Å². The van der Waals surface area contributed by atoms with E-state index in [0.717, 1.165) is 19.3 Å². The first kappa shape index (κ1) is 16.2. The number of likely N-dealkylation sites (N-methyl/N-ethyl adjacent to an activating group) is 1. The second-order valence-electron chi connectivity index (χ2n) is 7.66. The summed E-state index contributed by atoms with van der Waals surface area (Å²) >= 11 is 0. The molecule has 2 aliphatic heterocycles. The van der Waals surface area contributed by atoms with Gasteiger partial charge in [-0.1, -0.05) is 36.4 Å². The van der Waals surface area contributed by atoms with Gasteiger partial charge >= 0.3 is 5.97 Å². The largest absolute Gasteiger partial charge is 0.459 e. The summed E-state index contributed by atoms with van der Waals surface area (Å²) in [4.78, 5) is 13.9. The number of hydrogen-bond acceptors (Lipinski definition) is 3. The van der Waals surface area contributed by atoms with Crippen LogP contribution in [-0.4, -0.2) is 24.7 Å². The van der Waals surface area contributed by atoms with Gasteiger partial charge in [-0.3, -0.25) is 4.79 Å². The minimum Gasteiger partial charge on any atom is -0.459 e. The lowest BCUT2D eigenvalue weighted by atomic mass is 9.80. The Kier molecular flexibility index (Phi) is 3.82. The summed E-state index contributed by atoms with van der Waals surface area (Å²) in [5.41, 5.74) is 6.42. The van der Waals surface area contributed by atoms with Crippen LogP contribution in [0.25, 0.3) is 5.57 Å². The van der Waals surface area contributed by atoms with Crippen molar-refractivity contribution in [2.75, 3.05) is 11.9 Å². The molecule has 0 spiro atoms. The molecule has 1 aliphatic carbocycles. The van der Waals surface area contributed by atoms with Gasteiger partial charge < -0.3 is 9.64 Å².